The predicted octanol–water partition coefficient (Wildman–Crippen LogP) is 3.11. The Balaban J connectivity index is 2.56. The molecule has 0 aromatic rings. The number of hydrogen-bond donors (Lipinski definition) is 1. The average Bonchev–Trinajstić information content (AvgIpc) is 1.96. The number of rotatable bonds is 1. The molecule has 1 aliphatic carbocycles. The van der Waals surface area contributed by atoms with E-state index in [-0.39, 0.29) is 0 Å². The van der Waals surface area contributed by atoms with Crippen LogP contribution < -0.4 is 0 Å². The molecule has 0 aromatic heterocycles. The fraction of sp³-hybridized carbons (Fsp3) is 0.750. The van der Waals surface area contributed by atoms with Gasteiger partial charge in [-0.1, -0.05) is 13.0 Å². The second kappa shape index (κ2) is 3.22. The molecular weight excluding hydrogens is 160 g/mol. The molecule has 0 aliphatic heterocycles. The minimum Gasteiger partial charge on any atom is -0.159 e. The van der Waals surface area contributed by atoms with Crippen LogP contribution in [0.15, 0.2) is 11.0 Å². The van der Waals surface area contributed by atoms with Crippen molar-refractivity contribution in [2.24, 2.45) is 0 Å². The second-order valence-electron chi connectivity index (χ2n) is 3.05. The summed E-state index contributed by atoms with van der Waals surface area (Å²) in [7, 11) is 0. The highest BCUT2D eigenvalue weighted by molar-refractivity contribution is 8.00. The molecule has 0 heterocycles. The van der Waals surface area contributed by atoms with Crippen molar-refractivity contribution < 1.29 is 0 Å². The lowest BCUT2D eigenvalue weighted by molar-refractivity contribution is 0.577. The van der Waals surface area contributed by atoms with E-state index in [1.807, 2.05) is 11.8 Å². The fourth-order valence-electron chi connectivity index (χ4n) is 1.12. The zero-order valence-electron chi connectivity index (χ0n) is 6.55. The van der Waals surface area contributed by atoms with E-state index < -0.39 is 0 Å². The quantitative estimate of drug-likeness (QED) is 0.596. The molecule has 58 valence electrons. The van der Waals surface area contributed by atoms with Crippen molar-refractivity contribution in [1.29, 1.82) is 0 Å². The zero-order chi connectivity index (χ0) is 7.61. The van der Waals surface area contributed by atoms with Crippen LogP contribution in [-0.2, 0) is 0 Å². The molecule has 0 spiro atoms. The van der Waals surface area contributed by atoms with E-state index >= 15 is 0 Å². The molecule has 2 heteroatoms. The van der Waals surface area contributed by atoms with Gasteiger partial charge in [-0.2, -0.15) is 11.8 Å². The highest BCUT2D eigenvalue weighted by Gasteiger charge is 2.24. The third-order valence-electron chi connectivity index (χ3n) is 2.17. The highest BCUT2D eigenvalue weighted by atomic mass is 32.2. The van der Waals surface area contributed by atoms with Crippen molar-refractivity contribution >= 4 is 24.4 Å². The van der Waals surface area contributed by atoms with Gasteiger partial charge in [0.2, 0.25) is 0 Å². The van der Waals surface area contributed by atoms with E-state index in [1.54, 1.807) is 0 Å². The summed E-state index contributed by atoms with van der Waals surface area (Å²) in [5.41, 5.74) is 0. The van der Waals surface area contributed by atoms with E-state index in [9.17, 15) is 0 Å². The summed E-state index contributed by atoms with van der Waals surface area (Å²) < 4.78 is 0.492. The normalized spacial score (nSPS) is 33.7. The molecule has 0 fully saturated rings. The first-order valence-electron chi connectivity index (χ1n) is 3.59. The molecule has 0 bridgehead atoms. The first kappa shape index (κ1) is 8.54. The molecule has 0 amide bonds. The van der Waals surface area contributed by atoms with Gasteiger partial charge >= 0.3 is 0 Å². The maximum Gasteiger partial charge on any atom is 0.0167 e. The van der Waals surface area contributed by atoms with Crippen molar-refractivity contribution in [2.75, 3.05) is 6.26 Å². The van der Waals surface area contributed by atoms with Crippen LogP contribution in [0.25, 0.3) is 0 Å². The molecule has 10 heavy (non-hydrogen) atoms. The lowest BCUT2D eigenvalue weighted by Gasteiger charge is -2.29. The molecule has 1 rings (SSSR count). The SMILES string of the molecule is CS[C@]1(C)CC=C(S)CC1. The number of thiol groups is 1. The standard InChI is InChI=1S/C8H14S2/c1-8(10-2)5-3-7(9)4-6-8/h3,9H,4-6H2,1-2H3/t8-/m1/s1. The van der Waals surface area contributed by atoms with Crippen molar-refractivity contribution in [2.45, 2.75) is 30.9 Å². The number of allylic oxidation sites excluding steroid dienone is 2. The van der Waals surface area contributed by atoms with Gasteiger partial charge in [0, 0.05) is 4.75 Å². The number of hydrogen-bond acceptors (Lipinski definition) is 2. The highest BCUT2D eigenvalue weighted by Crippen LogP contribution is 2.37. The van der Waals surface area contributed by atoms with Gasteiger partial charge in [0.25, 0.3) is 0 Å². The van der Waals surface area contributed by atoms with E-state index in [2.05, 4.69) is 31.9 Å². The summed E-state index contributed by atoms with van der Waals surface area (Å²) in [5.74, 6) is 0. The Bertz CT molecular complexity index is 151. The summed E-state index contributed by atoms with van der Waals surface area (Å²) in [6.07, 6.45) is 8.08. The molecule has 0 saturated heterocycles. The van der Waals surface area contributed by atoms with Gasteiger partial charge in [-0.05, 0) is 30.4 Å². The fourth-order valence-corrected chi connectivity index (χ4v) is 1.87. The van der Waals surface area contributed by atoms with Crippen LogP contribution in [0, 0.1) is 0 Å². The van der Waals surface area contributed by atoms with Crippen molar-refractivity contribution in [3.63, 3.8) is 0 Å². The topological polar surface area (TPSA) is 0 Å². The smallest absolute Gasteiger partial charge is 0.0167 e. The van der Waals surface area contributed by atoms with Crippen molar-refractivity contribution in [3.05, 3.63) is 11.0 Å². The summed E-state index contributed by atoms with van der Waals surface area (Å²) in [5, 5.41) is 0. The average molecular weight is 174 g/mol. The largest absolute Gasteiger partial charge is 0.159 e. The van der Waals surface area contributed by atoms with Gasteiger partial charge < -0.3 is 0 Å². The van der Waals surface area contributed by atoms with Gasteiger partial charge in [0.15, 0.2) is 0 Å². The van der Waals surface area contributed by atoms with Gasteiger partial charge in [0.05, 0.1) is 0 Å². The molecule has 0 aromatic carbocycles. The van der Waals surface area contributed by atoms with Gasteiger partial charge in [-0.15, -0.1) is 12.6 Å². The van der Waals surface area contributed by atoms with Crippen molar-refractivity contribution in [1.82, 2.24) is 0 Å². The Morgan fingerprint density at radius 1 is 1.70 bits per heavy atom. The van der Waals surface area contributed by atoms with Gasteiger partial charge in [-0.25, -0.2) is 0 Å². The lowest BCUT2D eigenvalue weighted by Crippen LogP contribution is -2.21. The van der Waals surface area contributed by atoms with Crippen LogP contribution in [0.2, 0.25) is 0 Å². The minimum absolute atomic E-state index is 0.492. The van der Waals surface area contributed by atoms with E-state index in [4.69, 9.17) is 0 Å². The Morgan fingerprint density at radius 3 is 2.80 bits per heavy atom. The van der Waals surface area contributed by atoms with Crippen LogP contribution >= 0.6 is 24.4 Å². The summed E-state index contributed by atoms with van der Waals surface area (Å²) in [4.78, 5) is 1.27. The molecule has 1 aliphatic rings. The van der Waals surface area contributed by atoms with Gasteiger partial charge in [-0.3, -0.25) is 0 Å². The molecule has 0 unspecified atom stereocenters. The first-order chi connectivity index (χ1) is 4.66. The maximum atomic E-state index is 4.33. The van der Waals surface area contributed by atoms with Crippen LogP contribution in [0.3, 0.4) is 0 Å². The van der Waals surface area contributed by atoms with E-state index in [1.165, 1.54) is 24.2 Å². The maximum absolute atomic E-state index is 4.33. The Labute approximate surface area is 72.9 Å². The third kappa shape index (κ3) is 1.96. The molecule has 0 nitrogen and oxygen atoms in total. The predicted molar refractivity (Wildman–Crippen MR) is 52.8 cm³/mol. The molecule has 0 N–H and O–H groups in total. The van der Waals surface area contributed by atoms with Crippen LogP contribution in [0.5, 0.6) is 0 Å². The van der Waals surface area contributed by atoms with Crippen LogP contribution in [-0.4, -0.2) is 11.0 Å². The molecule has 1 atom stereocenters. The van der Waals surface area contributed by atoms with Gasteiger partial charge in [0.1, 0.15) is 0 Å². The third-order valence-corrected chi connectivity index (χ3v) is 3.93. The minimum atomic E-state index is 0.492. The molecule has 0 radical (unpaired) electrons. The van der Waals surface area contributed by atoms with E-state index in [0.717, 1.165) is 0 Å². The summed E-state index contributed by atoms with van der Waals surface area (Å²) >= 11 is 6.30. The first-order valence-corrected chi connectivity index (χ1v) is 5.27. The monoisotopic (exact) mass is 174 g/mol. The van der Waals surface area contributed by atoms with Crippen LogP contribution in [0.1, 0.15) is 26.2 Å². The van der Waals surface area contributed by atoms with E-state index in [0.29, 0.717) is 4.75 Å². The Morgan fingerprint density at radius 2 is 2.40 bits per heavy atom. The molecular formula is C8H14S2. The van der Waals surface area contributed by atoms with Crippen molar-refractivity contribution in [3.8, 4) is 0 Å². The van der Waals surface area contributed by atoms with Crippen LogP contribution in [0.4, 0.5) is 0 Å². The Hall–Kier alpha value is 0.440. The second-order valence-corrected chi connectivity index (χ2v) is 5.02. The summed E-state index contributed by atoms with van der Waals surface area (Å²) in [6, 6.07) is 0. The summed E-state index contributed by atoms with van der Waals surface area (Å²) in [6.45, 7) is 2.33. The molecule has 0 saturated carbocycles. The zero-order valence-corrected chi connectivity index (χ0v) is 8.27. The lowest BCUT2D eigenvalue weighted by atomic mass is 9.95. The Kier molecular flexibility index (Phi) is 2.75. The number of thioether (sulfide) groups is 1.